The predicted molar refractivity (Wildman–Crippen MR) is 120 cm³/mol. The van der Waals surface area contributed by atoms with Crippen LogP contribution in [0.3, 0.4) is 0 Å². The van der Waals surface area contributed by atoms with Crippen LogP contribution in [0.1, 0.15) is 72.3 Å². The highest BCUT2D eigenvalue weighted by atomic mass is 16.5. The van der Waals surface area contributed by atoms with Gasteiger partial charge in [-0.1, -0.05) is 17.7 Å². The zero-order valence-corrected chi connectivity index (χ0v) is 18.9. The van der Waals surface area contributed by atoms with Crippen molar-refractivity contribution in [1.29, 1.82) is 0 Å². The molecule has 1 aromatic heterocycles. The second kappa shape index (κ2) is 7.65. The number of aromatic nitrogens is 1. The van der Waals surface area contributed by atoms with E-state index in [1.54, 1.807) is 0 Å². The van der Waals surface area contributed by atoms with Crippen LogP contribution in [-0.2, 0) is 9.53 Å². The molecule has 6 rings (SSSR count). The van der Waals surface area contributed by atoms with E-state index in [0.29, 0.717) is 12.0 Å². The van der Waals surface area contributed by atoms with Gasteiger partial charge in [-0.3, -0.25) is 9.59 Å². The summed E-state index contributed by atoms with van der Waals surface area (Å²) in [6, 6.07) is 10.2. The molecule has 1 heterocycles. The molecule has 1 aromatic carbocycles. The van der Waals surface area contributed by atoms with Crippen molar-refractivity contribution in [2.24, 2.45) is 23.2 Å². The molecule has 0 saturated heterocycles. The van der Waals surface area contributed by atoms with Crippen molar-refractivity contribution in [2.45, 2.75) is 65.7 Å². The first-order valence-electron chi connectivity index (χ1n) is 11.8. The summed E-state index contributed by atoms with van der Waals surface area (Å²) in [5.74, 6) is 2.13. The van der Waals surface area contributed by atoms with Gasteiger partial charge in [0.15, 0.2) is 6.61 Å². The van der Waals surface area contributed by atoms with Crippen LogP contribution in [-0.4, -0.2) is 22.9 Å². The number of hydrogen-bond acceptors (Lipinski definition) is 3. The third-order valence-corrected chi connectivity index (χ3v) is 8.07. The van der Waals surface area contributed by atoms with Crippen molar-refractivity contribution in [3.63, 3.8) is 0 Å². The number of ketones is 1. The molecule has 4 aliphatic rings. The highest BCUT2D eigenvalue weighted by Crippen LogP contribution is 2.61. The van der Waals surface area contributed by atoms with Crippen LogP contribution in [0.5, 0.6) is 0 Å². The lowest BCUT2D eigenvalue weighted by Crippen LogP contribution is -2.47. The molecule has 0 N–H and O–H groups in total. The Morgan fingerprint density at radius 2 is 1.55 bits per heavy atom. The van der Waals surface area contributed by atoms with Gasteiger partial charge in [-0.2, -0.15) is 0 Å². The van der Waals surface area contributed by atoms with Crippen molar-refractivity contribution in [3.8, 4) is 5.69 Å². The van der Waals surface area contributed by atoms with E-state index in [0.717, 1.165) is 34.8 Å². The summed E-state index contributed by atoms with van der Waals surface area (Å²) >= 11 is 0. The van der Waals surface area contributed by atoms with E-state index >= 15 is 0 Å². The van der Waals surface area contributed by atoms with Gasteiger partial charge in [0.05, 0.1) is 6.42 Å². The summed E-state index contributed by atoms with van der Waals surface area (Å²) in [5.41, 5.74) is 4.93. The Balaban J connectivity index is 1.23. The summed E-state index contributed by atoms with van der Waals surface area (Å²) < 4.78 is 7.61. The molecule has 0 amide bonds. The fourth-order valence-electron chi connectivity index (χ4n) is 7.22. The molecular weight excluding hydrogens is 386 g/mol. The van der Waals surface area contributed by atoms with Gasteiger partial charge in [0, 0.05) is 22.6 Å². The Labute approximate surface area is 185 Å². The van der Waals surface area contributed by atoms with Crippen LogP contribution in [0.25, 0.3) is 5.69 Å². The lowest BCUT2D eigenvalue weighted by molar-refractivity contribution is -0.150. The Bertz CT molecular complexity index is 979. The molecule has 0 radical (unpaired) electrons. The highest BCUT2D eigenvalue weighted by Gasteiger charge is 2.51. The number of rotatable bonds is 6. The molecule has 4 bridgehead atoms. The summed E-state index contributed by atoms with van der Waals surface area (Å²) in [6.45, 7) is 5.86. The van der Waals surface area contributed by atoms with Crippen molar-refractivity contribution in [1.82, 2.24) is 4.57 Å². The second-order valence-corrected chi connectivity index (χ2v) is 10.6. The Morgan fingerprint density at radius 3 is 2.13 bits per heavy atom. The maximum atomic E-state index is 12.9. The number of esters is 1. The van der Waals surface area contributed by atoms with Crippen LogP contribution >= 0.6 is 0 Å². The summed E-state index contributed by atoms with van der Waals surface area (Å²) in [5, 5.41) is 0. The van der Waals surface area contributed by atoms with Crippen molar-refractivity contribution < 1.29 is 14.3 Å². The monoisotopic (exact) mass is 419 g/mol. The number of Topliss-reactive ketones (excluding diaryl/α,β-unsaturated/α-hetero) is 1. The van der Waals surface area contributed by atoms with Crippen molar-refractivity contribution >= 4 is 11.8 Å². The van der Waals surface area contributed by atoms with Gasteiger partial charge in [-0.15, -0.1) is 0 Å². The lowest BCUT2D eigenvalue weighted by Gasteiger charge is -2.56. The first-order chi connectivity index (χ1) is 14.8. The molecule has 4 heteroatoms. The largest absolute Gasteiger partial charge is 0.457 e. The number of hydrogen-bond donors (Lipinski definition) is 0. The molecule has 4 fully saturated rings. The van der Waals surface area contributed by atoms with Gasteiger partial charge in [-0.25, -0.2) is 0 Å². The number of ether oxygens (including phenoxy) is 1. The number of benzene rings is 1. The van der Waals surface area contributed by atoms with Crippen molar-refractivity contribution in [3.05, 3.63) is 52.8 Å². The minimum Gasteiger partial charge on any atom is -0.457 e. The van der Waals surface area contributed by atoms with Gasteiger partial charge in [0.1, 0.15) is 0 Å². The quantitative estimate of drug-likeness (QED) is 0.443. The van der Waals surface area contributed by atoms with E-state index in [1.807, 2.05) is 19.9 Å². The fourth-order valence-corrected chi connectivity index (χ4v) is 7.22. The van der Waals surface area contributed by atoms with Crippen LogP contribution < -0.4 is 0 Å². The SMILES string of the molecule is Cc1ccc(-n2c(C)cc(C(=O)COC(=O)CC34CC5CC(CC(C5)C3)C4)c2C)cc1. The average molecular weight is 420 g/mol. The molecule has 31 heavy (non-hydrogen) atoms. The van der Waals surface area contributed by atoms with Crippen molar-refractivity contribution in [2.75, 3.05) is 6.61 Å². The first-order valence-corrected chi connectivity index (χ1v) is 11.8. The standard InChI is InChI=1S/C27H33NO3/c1-17-4-6-23(7-5-17)28-18(2)8-24(19(28)3)25(29)16-31-26(30)15-27-12-20-9-21(13-27)11-22(10-20)14-27/h4-8,20-22H,9-16H2,1-3H3. The number of carbonyl (C=O) groups excluding carboxylic acids is 2. The van der Waals surface area contributed by atoms with Gasteiger partial charge in [-0.05, 0) is 101 Å². The number of carbonyl (C=O) groups is 2. The third kappa shape index (κ3) is 3.86. The number of aryl methyl sites for hydroxylation is 2. The minimum absolute atomic E-state index is 0.120. The molecule has 4 saturated carbocycles. The van der Waals surface area contributed by atoms with Crippen LogP contribution in [0.15, 0.2) is 30.3 Å². The molecule has 2 aromatic rings. The van der Waals surface area contributed by atoms with Gasteiger partial charge in [0.2, 0.25) is 5.78 Å². The minimum atomic E-state index is -0.192. The van der Waals surface area contributed by atoms with E-state index in [1.165, 1.54) is 44.1 Å². The molecule has 164 valence electrons. The predicted octanol–water partition coefficient (Wildman–Crippen LogP) is 5.73. The summed E-state index contributed by atoms with van der Waals surface area (Å²) in [4.78, 5) is 25.6. The van der Waals surface area contributed by atoms with E-state index < -0.39 is 0 Å². The lowest BCUT2D eigenvalue weighted by atomic mass is 9.49. The molecule has 0 unspecified atom stereocenters. The molecule has 0 spiro atoms. The Kier molecular flexibility index (Phi) is 5.07. The molecule has 4 nitrogen and oxygen atoms in total. The molecule has 0 aliphatic heterocycles. The maximum absolute atomic E-state index is 12.9. The average Bonchev–Trinajstić information content (AvgIpc) is 3.00. The van der Waals surface area contributed by atoms with E-state index in [4.69, 9.17) is 4.74 Å². The zero-order valence-electron chi connectivity index (χ0n) is 18.9. The molecular formula is C27H33NO3. The summed E-state index contributed by atoms with van der Waals surface area (Å²) in [6.07, 6.45) is 8.13. The van der Waals surface area contributed by atoms with Crippen LogP contribution in [0, 0.1) is 43.9 Å². The topological polar surface area (TPSA) is 48.3 Å². The Hall–Kier alpha value is -2.36. The number of nitrogens with zero attached hydrogens (tertiary/aromatic N) is 1. The third-order valence-electron chi connectivity index (χ3n) is 8.07. The smallest absolute Gasteiger partial charge is 0.306 e. The molecule has 0 atom stereocenters. The summed E-state index contributed by atoms with van der Waals surface area (Å²) in [7, 11) is 0. The first kappa shape index (κ1) is 20.5. The Morgan fingerprint density at radius 1 is 0.968 bits per heavy atom. The van der Waals surface area contributed by atoms with E-state index in [2.05, 4.69) is 35.8 Å². The van der Waals surface area contributed by atoms with E-state index in [-0.39, 0.29) is 23.8 Å². The normalized spacial score (nSPS) is 28.7. The van der Waals surface area contributed by atoms with Gasteiger partial charge in [0.25, 0.3) is 0 Å². The van der Waals surface area contributed by atoms with E-state index in [9.17, 15) is 9.59 Å². The fraction of sp³-hybridized carbons (Fsp3) is 0.556. The zero-order chi connectivity index (χ0) is 21.8. The molecule has 4 aliphatic carbocycles. The van der Waals surface area contributed by atoms with Crippen LogP contribution in [0.4, 0.5) is 0 Å². The second-order valence-electron chi connectivity index (χ2n) is 10.6. The highest BCUT2D eigenvalue weighted by molar-refractivity contribution is 5.99. The van der Waals surface area contributed by atoms with Crippen LogP contribution in [0.2, 0.25) is 0 Å². The van der Waals surface area contributed by atoms with Gasteiger partial charge >= 0.3 is 5.97 Å². The maximum Gasteiger partial charge on any atom is 0.306 e. The van der Waals surface area contributed by atoms with Gasteiger partial charge < -0.3 is 9.30 Å².